The Bertz CT molecular complexity index is 1020. The number of carbonyl (C=O) groups is 1. The van der Waals surface area contributed by atoms with Crippen molar-refractivity contribution in [1.29, 1.82) is 0 Å². The summed E-state index contributed by atoms with van der Waals surface area (Å²) in [4.78, 5) is 17.0. The predicted octanol–water partition coefficient (Wildman–Crippen LogP) is 3.98. The number of rotatable bonds is 7. The second kappa shape index (κ2) is 9.40. The Labute approximate surface area is 183 Å². The van der Waals surface area contributed by atoms with Crippen molar-refractivity contribution < 1.29 is 22.4 Å². The van der Waals surface area contributed by atoms with Gasteiger partial charge in [0.2, 0.25) is 10.0 Å². The van der Waals surface area contributed by atoms with Crippen LogP contribution in [0.5, 0.6) is 5.75 Å². The van der Waals surface area contributed by atoms with Gasteiger partial charge >= 0.3 is 0 Å². The van der Waals surface area contributed by atoms with Crippen LogP contribution in [-0.4, -0.2) is 43.3 Å². The van der Waals surface area contributed by atoms with Crippen molar-refractivity contribution in [2.75, 3.05) is 25.0 Å². The molecule has 4 rings (SSSR count). The molecular formula is C22H29N3O5S. The molecule has 0 aromatic carbocycles. The summed E-state index contributed by atoms with van der Waals surface area (Å²) in [6.45, 7) is 3.13. The highest BCUT2D eigenvalue weighted by Gasteiger charge is 2.32. The Hall–Kier alpha value is -2.39. The molecule has 8 nitrogen and oxygen atoms in total. The van der Waals surface area contributed by atoms with Gasteiger partial charge in [-0.25, -0.2) is 13.4 Å². The lowest BCUT2D eigenvalue weighted by molar-refractivity contribution is 0.0994. The molecule has 0 spiro atoms. The zero-order chi connectivity index (χ0) is 21.8. The van der Waals surface area contributed by atoms with E-state index in [4.69, 9.17) is 9.15 Å². The molecular weight excluding hydrogens is 418 g/mol. The molecule has 1 N–H and O–H groups in total. The number of pyridine rings is 1. The highest BCUT2D eigenvalue weighted by Crippen LogP contribution is 2.29. The van der Waals surface area contributed by atoms with E-state index in [1.165, 1.54) is 29.6 Å². The molecule has 168 valence electrons. The predicted molar refractivity (Wildman–Crippen MR) is 116 cm³/mol. The van der Waals surface area contributed by atoms with E-state index in [1.807, 2.05) is 0 Å². The maximum atomic E-state index is 12.8. The summed E-state index contributed by atoms with van der Waals surface area (Å²) in [6.07, 6.45) is 9.29. The second-order valence-electron chi connectivity index (χ2n) is 8.26. The number of hydrogen-bond donors (Lipinski definition) is 1. The zero-order valence-electron chi connectivity index (χ0n) is 17.8. The van der Waals surface area contributed by atoms with Gasteiger partial charge in [0, 0.05) is 25.4 Å². The topological polar surface area (TPSA) is 102 Å². The van der Waals surface area contributed by atoms with Gasteiger partial charge in [0.1, 0.15) is 10.7 Å². The molecule has 2 aliphatic rings. The molecule has 1 aliphatic carbocycles. The van der Waals surface area contributed by atoms with Crippen molar-refractivity contribution in [3.05, 3.63) is 35.9 Å². The number of carbonyl (C=O) groups excluding carboxylic acids is 1. The molecule has 0 radical (unpaired) electrons. The lowest BCUT2D eigenvalue weighted by Gasteiger charge is -2.22. The molecule has 1 aliphatic heterocycles. The fourth-order valence-corrected chi connectivity index (χ4v) is 5.91. The van der Waals surface area contributed by atoms with Gasteiger partial charge in [-0.3, -0.25) is 4.79 Å². The number of amides is 1. The third kappa shape index (κ3) is 4.93. The molecule has 1 saturated heterocycles. The van der Waals surface area contributed by atoms with Crippen molar-refractivity contribution in [2.24, 2.45) is 5.92 Å². The van der Waals surface area contributed by atoms with Crippen molar-refractivity contribution in [3.8, 4) is 5.75 Å². The molecule has 2 aromatic heterocycles. The summed E-state index contributed by atoms with van der Waals surface area (Å²) >= 11 is 0. The maximum Gasteiger partial charge on any atom is 0.292 e. The Morgan fingerprint density at radius 1 is 1.23 bits per heavy atom. The summed E-state index contributed by atoms with van der Waals surface area (Å²) in [6, 6.07) is 4.82. The van der Waals surface area contributed by atoms with Crippen LogP contribution in [0.15, 0.2) is 33.7 Å². The maximum absolute atomic E-state index is 12.8. The fraction of sp³-hybridized carbons (Fsp3) is 0.545. The van der Waals surface area contributed by atoms with E-state index < -0.39 is 15.9 Å². The lowest BCUT2D eigenvalue weighted by Crippen LogP contribution is -2.28. The summed E-state index contributed by atoms with van der Waals surface area (Å²) in [5.74, 6) is 0.873. The first-order valence-corrected chi connectivity index (χ1v) is 12.4. The van der Waals surface area contributed by atoms with Crippen molar-refractivity contribution >= 4 is 21.7 Å². The van der Waals surface area contributed by atoms with Crippen LogP contribution in [0.1, 0.15) is 61.3 Å². The smallest absolute Gasteiger partial charge is 0.292 e. The summed E-state index contributed by atoms with van der Waals surface area (Å²) in [7, 11) is -3.66. The largest absolute Gasteiger partial charge is 0.489 e. The minimum absolute atomic E-state index is 0.0364. The fourth-order valence-electron chi connectivity index (χ4n) is 4.23. The number of furan rings is 1. The van der Waals surface area contributed by atoms with E-state index in [0.717, 1.165) is 25.7 Å². The normalized spacial score (nSPS) is 18.2. The van der Waals surface area contributed by atoms with Crippen LogP contribution in [0.3, 0.4) is 0 Å². The van der Waals surface area contributed by atoms with Crippen LogP contribution in [-0.2, 0) is 10.0 Å². The van der Waals surface area contributed by atoms with E-state index in [2.05, 4.69) is 10.3 Å². The molecule has 2 aromatic rings. The highest BCUT2D eigenvalue weighted by atomic mass is 32.2. The van der Waals surface area contributed by atoms with Gasteiger partial charge in [-0.1, -0.05) is 19.3 Å². The Morgan fingerprint density at radius 2 is 1.97 bits per heavy atom. The first kappa shape index (κ1) is 21.8. The monoisotopic (exact) mass is 447 g/mol. The van der Waals surface area contributed by atoms with Crippen molar-refractivity contribution in [2.45, 2.75) is 56.8 Å². The van der Waals surface area contributed by atoms with Crippen LogP contribution in [0.25, 0.3) is 0 Å². The number of nitrogens with zero attached hydrogens (tertiary/aromatic N) is 2. The Balaban J connectivity index is 1.46. The van der Waals surface area contributed by atoms with Crippen LogP contribution < -0.4 is 10.1 Å². The van der Waals surface area contributed by atoms with Gasteiger partial charge in [0.05, 0.1) is 6.61 Å². The van der Waals surface area contributed by atoms with E-state index in [-0.39, 0.29) is 16.4 Å². The van der Waals surface area contributed by atoms with Crippen LogP contribution >= 0.6 is 0 Å². The van der Waals surface area contributed by atoms with Gasteiger partial charge in [-0.05, 0) is 50.7 Å². The van der Waals surface area contributed by atoms with Gasteiger partial charge in [0.25, 0.3) is 5.91 Å². The number of ether oxygens (including phenoxy) is 1. The van der Waals surface area contributed by atoms with Gasteiger partial charge in [-0.2, -0.15) is 4.31 Å². The SMILES string of the molecule is Cc1oc(C(=O)Nc2ncccc2OCC2CCCCC2)cc1S(=O)(=O)N1CCCC1. The lowest BCUT2D eigenvalue weighted by atomic mass is 9.90. The second-order valence-corrected chi connectivity index (χ2v) is 10.2. The number of nitrogens with one attached hydrogen (secondary N) is 1. The van der Waals surface area contributed by atoms with Crippen LogP contribution in [0.4, 0.5) is 5.82 Å². The summed E-state index contributed by atoms with van der Waals surface area (Å²) in [5.41, 5.74) is 0. The quantitative estimate of drug-likeness (QED) is 0.689. The first-order chi connectivity index (χ1) is 14.9. The highest BCUT2D eigenvalue weighted by molar-refractivity contribution is 7.89. The number of aryl methyl sites for hydroxylation is 1. The Morgan fingerprint density at radius 3 is 2.71 bits per heavy atom. The third-order valence-corrected chi connectivity index (χ3v) is 7.99. The number of sulfonamides is 1. The van der Waals surface area contributed by atoms with Crippen molar-refractivity contribution in [1.82, 2.24) is 9.29 Å². The molecule has 9 heteroatoms. The molecule has 0 unspecified atom stereocenters. The average molecular weight is 448 g/mol. The van der Waals surface area contributed by atoms with Crippen LogP contribution in [0.2, 0.25) is 0 Å². The summed E-state index contributed by atoms with van der Waals surface area (Å²) < 4.78 is 38.6. The minimum atomic E-state index is -3.66. The molecule has 1 amide bonds. The number of hydrogen-bond acceptors (Lipinski definition) is 6. The minimum Gasteiger partial charge on any atom is -0.489 e. The van der Waals surface area contributed by atoms with Gasteiger partial charge < -0.3 is 14.5 Å². The zero-order valence-corrected chi connectivity index (χ0v) is 18.6. The molecule has 0 atom stereocenters. The van der Waals surface area contributed by atoms with Gasteiger partial charge in [0.15, 0.2) is 17.3 Å². The van der Waals surface area contributed by atoms with E-state index >= 15 is 0 Å². The Kier molecular flexibility index (Phi) is 6.62. The first-order valence-electron chi connectivity index (χ1n) is 10.9. The van der Waals surface area contributed by atoms with Gasteiger partial charge in [-0.15, -0.1) is 0 Å². The third-order valence-electron chi connectivity index (χ3n) is 5.98. The standard InChI is InChI=1S/C22H29N3O5S/c1-16-20(31(27,28)25-12-5-6-13-25)14-19(30-16)22(26)24-21-18(10-7-11-23-21)29-15-17-8-3-2-4-9-17/h7,10-11,14,17H,2-6,8-9,12-13,15H2,1H3,(H,23,24,26). The van der Waals surface area contributed by atoms with E-state index in [9.17, 15) is 13.2 Å². The van der Waals surface area contributed by atoms with E-state index in [0.29, 0.717) is 37.2 Å². The molecule has 2 fully saturated rings. The number of anilines is 1. The molecule has 1 saturated carbocycles. The molecule has 31 heavy (non-hydrogen) atoms. The molecule has 0 bridgehead atoms. The number of aromatic nitrogens is 1. The summed E-state index contributed by atoms with van der Waals surface area (Å²) in [5, 5.41) is 2.70. The molecule has 3 heterocycles. The van der Waals surface area contributed by atoms with E-state index in [1.54, 1.807) is 25.3 Å². The average Bonchev–Trinajstić information content (AvgIpc) is 3.45. The van der Waals surface area contributed by atoms with Crippen LogP contribution in [0, 0.1) is 12.8 Å². The van der Waals surface area contributed by atoms with Crippen molar-refractivity contribution in [3.63, 3.8) is 0 Å².